The Labute approximate surface area is 93.5 Å². The van der Waals surface area contributed by atoms with E-state index in [1.54, 1.807) is 4.68 Å². The molecule has 1 aliphatic carbocycles. The zero-order valence-electron chi connectivity index (χ0n) is 8.87. The summed E-state index contributed by atoms with van der Waals surface area (Å²) in [6.45, 7) is 0.729. The first-order chi connectivity index (χ1) is 7.93. The molecule has 0 aliphatic heterocycles. The van der Waals surface area contributed by atoms with Crippen molar-refractivity contribution in [3.8, 4) is 5.69 Å². The molecule has 0 amide bonds. The fraction of sp³-hybridized carbons (Fsp3) is 0.364. The third kappa shape index (κ3) is 1.94. The van der Waals surface area contributed by atoms with Crippen LogP contribution in [-0.4, -0.2) is 26.2 Å². The fourth-order valence-electron chi connectivity index (χ4n) is 1.61. The van der Waals surface area contributed by atoms with Gasteiger partial charge in [0.05, 0.1) is 12.2 Å². The number of nitrogens with one attached hydrogen (secondary N) is 1. The van der Waals surface area contributed by atoms with Crippen molar-refractivity contribution in [3.63, 3.8) is 0 Å². The molecule has 1 N–H and O–H groups in total. The number of rotatable bonds is 4. The molecular weight excluding hydrogens is 202 g/mol. The van der Waals surface area contributed by atoms with Crippen molar-refractivity contribution < 1.29 is 0 Å². The van der Waals surface area contributed by atoms with Crippen LogP contribution in [0.3, 0.4) is 0 Å². The molecule has 1 aliphatic rings. The monoisotopic (exact) mass is 215 g/mol. The van der Waals surface area contributed by atoms with Gasteiger partial charge in [-0.2, -0.15) is 4.68 Å². The molecule has 0 bridgehead atoms. The van der Waals surface area contributed by atoms with Gasteiger partial charge in [-0.25, -0.2) is 0 Å². The van der Waals surface area contributed by atoms with E-state index in [1.807, 2.05) is 30.3 Å². The number of hydrogen-bond donors (Lipinski definition) is 1. The molecule has 0 spiro atoms. The Bertz CT molecular complexity index is 460. The number of hydrogen-bond acceptors (Lipinski definition) is 4. The van der Waals surface area contributed by atoms with Gasteiger partial charge in [-0.3, -0.25) is 0 Å². The summed E-state index contributed by atoms with van der Waals surface area (Å²) < 4.78 is 1.77. The lowest BCUT2D eigenvalue weighted by molar-refractivity contribution is 0.638. The van der Waals surface area contributed by atoms with Gasteiger partial charge >= 0.3 is 0 Å². The van der Waals surface area contributed by atoms with E-state index >= 15 is 0 Å². The first-order valence-corrected chi connectivity index (χ1v) is 5.49. The highest BCUT2D eigenvalue weighted by molar-refractivity contribution is 5.30. The highest BCUT2D eigenvalue weighted by Crippen LogP contribution is 2.19. The minimum atomic E-state index is 0.668. The third-order valence-corrected chi connectivity index (χ3v) is 2.66. The van der Waals surface area contributed by atoms with Crippen molar-refractivity contribution in [2.45, 2.75) is 25.4 Å². The summed E-state index contributed by atoms with van der Waals surface area (Å²) >= 11 is 0. The molecule has 2 aromatic rings. The van der Waals surface area contributed by atoms with Crippen molar-refractivity contribution in [1.29, 1.82) is 0 Å². The van der Waals surface area contributed by atoms with Crippen LogP contribution in [0, 0.1) is 0 Å². The lowest BCUT2D eigenvalue weighted by Crippen LogP contribution is -2.18. The number of tetrazole rings is 1. The smallest absolute Gasteiger partial charge is 0.170 e. The molecule has 3 rings (SSSR count). The Kier molecular flexibility index (Phi) is 2.38. The average molecular weight is 215 g/mol. The van der Waals surface area contributed by atoms with Crippen LogP contribution in [-0.2, 0) is 6.54 Å². The zero-order valence-corrected chi connectivity index (χ0v) is 8.87. The summed E-state index contributed by atoms with van der Waals surface area (Å²) in [6, 6.07) is 10.6. The van der Waals surface area contributed by atoms with Gasteiger partial charge in [-0.05, 0) is 35.4 Å². The van der Waals surface area contributed by atoms with Crippen molar-refractivity contribution >= 4 is 0 Å². The molecular formula is C11H13N5. The van der Waals surface area contributed by atoms with Gasteiger partial charge in [-0.15, -0.1) is 5.10 Å². The predicted molar refractivity (Wildman–Crippen MR) is 59.0 cm³/mol. The quantitative estimate of drug-likeness (QED) is 0.823. The van der Waals surface area contributed by atoms with Crippen molar-refractivity contribution in [2.75, 3.05) is 0 Å². The van der Waals surface area contributed by atoms with Gasteiger partial charge in [0.25, 0.3) is 0 Å². The minimum absolute atomic E-state index is 0.668. The topological polar surface area (TPSA) is 55.6 Å². The van der Waals surface area contributed by atoms with Crippen LogP contribution in [0.5, 0.6) is 0 Å². The van der Waals surface area contributed by atoms with Gasteiger partial charge in [0, 0.05) is 6.04 Å². The molecule has 16 heavy (non-hydrogen) atoms. The van der Waals surface area contributed by atoms with Crippen molar-refractivity contribution in [3.05, 3.63) is 36.2 Å². The molecule has 1 aromatic heterocycles. The SMILES string of the molecule is c1ccc(-n2nnnc2CNC2CC2)cc1. The Hall–Kier alpha value is -1.75. The molecule has 5 heteroatoms. The molecule has 82 valence electrons. The molecule has 0 saturated heterocycles. The van der Waals surface area contributed by atoms with Gasteiger partial charge < -0.3 is 5.32 Å². The molecule has 0 radical (unpaired) electrons. The van der Waals surface area contributed by atoms with Crippen LogP contribution in [0.15, 0.2) is 30.3 Å². The van der Waals surface area contributed by atoms with E-state index in [-0.39, 0.29) is 0 Å². The Morgan fingerprint density at radius 1 is 1.25 bits per heavy atom. The van der Waals surface area contributed by atoms with Crippen LogP contribution in [0.4, 0.5) is 0 Å². The maximum Gasteiger partial charge on any atom is 0.170 e. The van der Waals surface area contributed by atoms with Crippen LogP contribution in [0.2, 0.25) is 0 Å². The van der Waals surface area contributed by atoms with Crippen molar-refractivity contribution in [1.82, 2.24) is 25.5 Å². The van der Waals surface area contributed by atoms with Gasteiger partial charge in [0.2, 0.25) is 0 Å². The first kappa shape index (κ1) is 9.47. The van der Waals surface area contributed by atoms with E-state index in [1.165, 1.54) is 12.8 Å². The van der Waals surface area contributed by atoms with Crippen molar-refractivity contribution in [2.24, 2.45) is 0 Å². The standard InChI is InChI=1S/C11H13N5/c1-2-4-10(5-3-1)16-11(13-14-15-16)8-12-9-6-7-9/h1-5,9,12H,6-8H2. The Balaban J connectivity index is 1.81. The average Bonchev–Trinajstić information content (AvgIpc) is 3.05. The van der Waals surface area contributed by atoms with Gasteiger partial charge in [-0.1, -0.05) is 18.2 Å². The van der Waals surface area contributed by atoms with E-state index < -0.39 is 0 Å². The van der Waals surface area contributed by atoms with E-state index in [4.69, 9.17) is 0 Å². The van der Waals surface area contributed by atoms with Crippen LogP contribution in [0.1, 0.15) is 18.7 Å². The van der Waals surface area contributed by atoms with E-state index in [2.05, 4.69) is 20.8 Å². The number of benzene rings is 1. The highest BCUT2D eigenvalue weighted by Gasteiger charge is 2.21. The summed E-state index contributed by atoms with van der Waals surface area (Å²) in [7, 11) is 0. The predicted octanol–water partition coefficient (Wildman–Crippen LogP) is 0.914. The lowest BCUT2D eigenvalue weighted by atomic mass is 10.3. The normalized spacial score (nSPS) is 15.2. The second kappa shape index (κ2) is 4.02. The first-order valence-electron chi connectivity index (χ1n) is 5.49. The number of para-hydroxylation sites is 1. The molecule has 5 nitrogen and oxygen atoms in total. The molecule has 1 heterocycles. The van der Waals surface area contributed by atoms with E-state index in [0.717, 1.165) is 18.1 Å². The highest BCUT2D eigenvalue weighted by atomic mass is 15.5. The second-order valence-corrected chi connectivity index (χ2v) is 4.00. The van der Waals surface area contributed by atoms with Gasteiger partial charge in [0.1, 0.15) is 0 Å². The van der Waals surface area contributed by atoms with E-state index in [9.17, 15) is 0 Å². The molecule has 1 saturated carbocycles. The summed E-state index contributed by atoms with van der Waals surface area (Å²) in [5, 5.41) is 15.2. The number of nitrogens with zero attached hydrogens (tertiary/aromatic N) is 4. The van der Waals surface area contributed by atoms with E-state index in [0.29, 0.717) is 6.04 Å². The fourth-order valence-corrected chi connectivity index (χ4v) is 1.61. The maximum absolute atomic E-state index is 4.03. The Morgan fingerprint density at radius 2 is 2.06 bits per heavy atom. The third-order valence-electron chi connectivity index (χ3n) is 2.66. The van der Waals surface area contributed by atoms with Crippen LogP contribution in [0.25, 0.3) is 5.69 Å². The summed E-state index contributed by atoms with van der Waals surface area (Å²) in [4.78, 5) is 0. The second-order valence-electron chi connectivity index (χ2n) is 4.00. The molecule has 1 fully saturated rings. The lowest BCUT2D eigenvalue weighted by Gasteiger charge is -2.04. The van der Waals surface area contributed by atoms with Gasteiger partial charge in [0.15, 0.2) is 5.82 Å². The molecule has 0 unspecified atom stereocenters. The molecule has 1 aromatic carbocycles. The Morgan fingerprint density at radius 3 is 2.81 bits per heavy atom. The zero-order chi connectivity index (χ0) is 10.8. The molecule has 0 atom stereocenters. The maximum atomic E-state index is 4.03. The van der Waals surface area contributed by atoms with Crippen LogP contribution >= 0.6 is 0 Å². The summed E-state index contributed by atoms with van der Waals surface area (Å²) in [5.74, 6) is 0.859. The summed E-state index contributed by atoms with van der Waals surface area (Å²) in [6.07, 6.45) is 2.54. The largest absolute Gasteiger partial charge is 0.307 e. The minimum Gasteiger partial charge on any atom is -0.307 e. The van der Waals surface area contributed by atoms with Crippen LogP contribution < -0.4 is 5.32 Å². The number of aromatic nitrogens is 4. The summed E-state index contributed by atoms with van der Waals surface area (Å²) in [5.41, 5.74) is 1.00.